The zero-order chi connectivity index (χ0) is 18.6. The summed E-state index contributed by atoms with van der Waals surface area (Å²) in [6, 6.07) is 9.55. The summed E-state index contributed by atoms with van der Waals surface area (Å²) in [5.41, 5.74) is 10.2. The number of aromatic nitrogens is 5. The van der Waals surface area contributed by atoms with Gasteiger partial charge in [-0.25, -0.2) is 14.5 Å². The molecule has 4 aromatic heterocycles. The molecule has 4 rings (SSSR count). The Hall–Kier alpha value is -3.52. The number of pyridine rings is 2. The van der Waals surface area contributed by atoms with E-state index in [1.165, 1.54) is 0 Å². The van der Waals surface area contributed by atoms with Crippen LogP contribution in [0.25, 0.3) is 28.0 Å². The lowest BCUT2D eigenvalue weighted by molar-refractivity contribution is 0.210. The molecule has 0 saturated carbocycles. The third-order valence-electron chi connectivity index (χ3n) is 4.13. The molecule has 0 amide bonds. The molecule has 0 radical (unpaired) electrons. The summed E-state index contributed by atoms with van der Waals surface area (Å²) in [6.45, 7) is 1.30. The van der Waals surface area contributed by atoms with E-state index in [2.05, 4.69) is 25.4 Å². The van der Waals surface area contributed by atoms with Gasteiger partial charge in [-0.2, -0.15) is 0 Å². The number of hydrogen-bond donors (Lipinski definition) is 2. The average molecular weight is 361 g/mol. The van der Waals surface area contributed by atoms with E-state index in [9.17, 15) is 0 Å². The van der Waals surface area contributed by atoms with E-state index in [-0.39, 0.29) is 0 Å². The molecule has 27 heavy (non-hydrogen) atoms. The molecule has 3 N–H and O–H groups in total. The Morgan fingerprint density at radius 3 is 2.85 bits per heavy atom. The highest BCUT2D eigenvalue weighted by molar-refractivity contribution is 5.84. The molecule has 0 atom stereocenters. The summed E-state index contributed by atoms with van der Waals surface area (Å²) < 4.78 is 6.74. The maximum absolute atomic E-state index is 6.12. The Labute approximate surface area is 156 Å². The van der Waals surface area contributed by atoms with Crippen LogP contribution in [-0.4, -0.2) is 44.8 Å². The second-order valence-electron chi connectivity index (χ2n) is 5.94. The number of hydrogen-bond acceptors (Lipinski definition) is 7. The minimum Gasteiger partial charge on any atom is -0.383 e. The molecule has 0 bridgehead atoms. The Kier molecular flexibility index (Phi) is 4.63. The maximum Gasteiger partial charge on any atom is 0.166 e. The van der Waals surface area contributed by atoms with Gasteiger partial charge in [0, 0.05) is 44.0 Å². The number of nitrogen functional groups attached to an aromatic ring is 1. The fourth-order valence-electron chi connectivity index (χ4n) is 2.85. The Morgan fingerprint density at radius 1 is 1.11 bits per heavy atom. The number of rotatable bonds is 6. The monoisotopic (exact) mass is 361 g/mol. The van der Waals surface area contributed by atoms with Crippen molar-refractivity contribution in [3.63, 3.8) is 0 Å². The van der Waals surface area contributed by atoms with E-state index in [1.807, 2.05) is 36.5 Å². The third kappa shape index (κ3) is 3.42. The van der Waals surface area contributed by atoms with Gasteiger partial charge in [0.1, 0.15) is 5.82 Å². The number of anilines is 2. The van der Waals surface area contributed by atoms with Crippen LogP contribution in [0.1, 0.15) is 0 Å². The zero-order valence-corrected chi connectivity index (χ0v) is 14.8. The van der Waals surface area contributed by atoms with E-state index < -0.39 is 0 Å². The number of fused-ring (bicyclic) bond motifs is 1. The van der Waals surface area contributed by atoms with Gasteiger partial charge in [-0.05, 0) is 29.8 Å². The summed E-state index contributed by atoms with van der Waals surface area (Å²) in [6.07, 6.45) is 7.18. The fraction of sp³-hybridized carbons (Fsp3) is 0.158. The topological polar surface area (TPSA) is 103 Å². The molecule has 0 fully saturated rings. The molecule has 8 heteroatoms. The molecule has 0 saturated heterocycles. The van der Waals surface area contributed by atoms with Crippen molar-refractivity contribution in [1.82, 2.24) is 24.6 Å². The standard InChI is InChI=1S/C19H19N7O/c1-27-9-8-23-16-10-13(5-7-22-16)14-11-24-19-17(15-4-2-3-6-21-15)18(20)25-26(19)12-14/h2-7,10-12H,8-9H2,1H3,(H2,20,25)(H,22,23). The van der Waals surface area contributed by atoms with Crippen molar-refractivity contribution >= 4 is 17.3 Å². The van der Waals surface area contributed by atoms with Crippen LogP contribution in [0.3, 0.4) is 0 Å². The summed E-state index contributed by atoms with van der Waals surface area (Å²) in [5, 5.41) is 7.62. The highest BCUT2D eigenvalue weighted by Crippen LogP contribution is 2.29. The van der Waals surface area contributed by atoms with Crippen LogP contribution in [0.2, 0.25) is 0 Å². The van der Waals surface area contributed by atoms with E-state index in [0.29, 0.717) is 24.6 Å². The van der Waals surface area contributed by atoms with Crippen LogP contribution in [0.15, 0.2) is 55.1 Å². The number of nitrogens with one attached hydrogen (secondary N) is 1. The number of ether oxygens (including phenoxy) is 1. The number of nitrogens with zero attached hydrogens (tertiary/aromatic N) is 5. The predicted octanol–water partition coefficient (Wildman–Crippen LogP) is 2.49. The second-order valence-corrected chi connectivity index (χ2v) is 5.94. The molecule has 0 aliphatic heterocycles. The van der Waals surface area contributed by atoms with Crippen LogP contribution in [-0.2, 0) is 4.74 Å². The lowest BCUT2D eigenvalue weighted by atomic mass is 10.1. The van der Waals surface area contributed by atoms with Crippen molar-refractivity contribution in [3.05, 3.63) is 55.1 Å². The van der Waals surface area contributed by atoms with Gasteiger partial charge >= 0.3 is 0 Å². The first-order valence-corrected chi connectivity index (χ1v) is 8.51. The molecule has 8 nitrogen and oxygen atoms in total. The molecule has 0 unspecified atom stereocenters. The van der Waals surface area contributed by atoms with Crippen molar-refractivity contribution in [1.29, 1.82) is 0 Å². The first-order chi connectivity index (χ1) is 13.3. The summed E-state index contributed by atoms with van der Waals surface area (Å²) >= 11 is 0. The smallest absolute Gasteiger partial charge is 0.166 e. The zero-order valence-electron chi connectivity index (χ0n) is 14.8. The van der Waals surface area contributed by atoms with Crippen molar-refractivity contribution in [3.8, 4) is 22.4 Å². The normalized spacial score (nSPS) is 11.0. The second kappa shape index (κ2) is 7.38. The van der Waals surface area contributed by atoms with Gasteiger partial charge in [0.25, 0.3) is 0 Å². The molecular formula is C19H19N7O. The minimum absolute atomic E-state index is 0.398. The predicted molar refractivity (Wildman–Crippen MR) is 104 cm³/mol. The molecule has 4 heterocycles. The summed E-state index contributed by atoms with van der Waals surface area (Å²) in [7, 11) is 1.67. The Morgan fingerprint density at radius 2 is 2.04 bits per heavy atom. The largest absolute Gasteiger partial charge is 0.383 e. The molecule has 0 aliphatic carbocycles. The summed E-state index contributed by atoms with van der Waals surface area (Å²) in [4.78, 5) is 13.3. The molecule has 4 aromatic rings. The van der Waals surface area contributed by atoms with Crippen LogP contribution < -0.4 is 11.1 Å². The molecule has 0 aliphatic rings. The van der Waals surface area contributed by atoms with E-state index in [1.54, 1.807) is 30.2 Å². The molecule has 0 spiro atoms. The molecule has 0 aromatic carbocycles. The van der Waals surface area contributed by atoms with Gasteiger partial charge < -0.3 is 15.8 Å². The van der Waals surface area contributed by atoms with E-state index >= 15 is 0 Å². The fourth-order valence-corrected chi connectivity index (χ4v) is 2.85. The van der Waals surface area contributed by atoms with Gasteiger partial charge in [-0.3, -0.25) is 4.98 Å². The van der Waals surface area contributed by atoms with Crippen molar-refractivity contribution in [2.75, 3.05) is 31.3 Å². The molecular weight excluding hydrogens is 342 g/mol. The van der Waals surface area contributed by atoms with Gasteiger partial charge in [0.05, 0.1) is 17.9 Å². The Bertz CT molecular complexity index is 1060. The first-order valence-electron chi connectivity index (χ1n) is 8.51. The number of methoxy groups -OCH3 is 1. The third-order valence-corrected chi connectivity index (χ3v) is 4.13. The average Bonchev–Trinajstić information content (AvgIpc) is 3.04. The van der Waals surface area contributed by atoms with Crippen LogP contribution in [0.4, 0.5) is 11.6 Å². The van der Waals surface area contributed by atoms with Crippen LogP contribution >= 0.6 is 0 Å². The molecule has 136 valence electrons. The highest BCUT2D eigenvalue weighted by atomic mass is 16.5. The van der Waals surface area contributed by atoms with Crippen LogP contribution in [0, 0.1) is 0 Å². The van der Waals surface area contributed by atoms with Gasteiger partial charge in [0.15, 0.2) is 11.5 Å². The van der Waals surface area contributed by atoms with Crippen molar-refractivity contribution < 1.29 is 4.74 Å². The lowest BCUT2D eigenvalue weighted by Crippen LogP contribution is -2.08. The van der Waals surface area contributed by atoms with Gasteiger partial charge in [0.2, 0.25) is 0 Å². The quantitative estimate of drug-likeness (QED) is 0.509. The van der Waals surface area contributed by atoms with Gasteiger partial charge in [-0.1, -0.05) is 6.07 Å². The maximum atomic E-state index is 6.12. The summed E-state index contributed by atoms with van der Waals surface area (Å²) in [5.74, 6) is 1.17. The van der Waals surface area contributed by atoms with Crippen molar-refractivity contribution in [2.24, 2.45) is 0 Å². The SMILES string of the molecule is COCCNc1cc(-c2cnc3c(-c4ccccn4)c(N)nn3c2)ccn1. The minimum atomic E-state index is 0.398. The van der Waals surface area contributed by atoms with Gasteiger partial charge in [-0.15, -0.1) is 5.10 Å². The van der Waals surface area contributed by atoms with E-state index in [4.69, 9.17) is 10.5 Å². The highest BCUT2D eigenvalue weighted by Gasteiger charge is 2.15. The van der Waals surface area contributed by atoms with Crippen molar-refractivity contribution in [2.45, 2.75) is 0 Å². The lowest BCUT2D eigenvalue weighted by Gasteiger charge is -2.07. The Balaban J connectivity index is 1.70. The van der Waals surface area contributed by atoms with E-state index in [0.717, 1.165) is 28.2 Å². The van der Waals surface area contributed by atoms with Crippen LogP contribution in [0.5, 0.6) is 0 Å². The first kappa shape index (κ1) is 16.9. The number of nitrogens with two attached hydrogens (primary N) is 1.